The van der Waals surface area contributed by atoms with Gasteiger partial charge in [0.1, 0.15) is 0 Å². The Morgan fingerprint density at radius 1 is 1.47 bits per heavy atom. The summed E-state index contributed by atoms with van der Waals surface area (Å²) in [5, 5.41) is 9.17. The molecular formula is C10H17N5O2. The standard InChI is InChI=1S/C10H17N5O2/c1-8(7-15-4-2-3-13-15)14-10(17)6-12-9(16)5-11/h2-4,8H,5-7,11H2,1H3,(H,12,16)(H,14,17). The molecule has 7 nitrogen and oxygen atoms in total. The zero-order valence-corrected chi connectivity index (χ0v) is 9.72. The van der Waals surface area contributed by atoms with Crippen molar-refractivity contribution in [3.63, 3.8) is 0 Å². The Bertz CT molecular complexity index is 363. The van der Waals surface area contributed by atoms with Gasteiger partial charge < -0.3 is 16.4 Å². The van der Waals surface area contributed by atoms with Gasteiger partial charge in [0, 0.05) is 18.4 Å². The van der Waals surface area contributed by atoms with Gasteiger partial charge in [-0.05, 0) is 13.0 Å². The molecule has 2 amide bonds. The second kappa shape index (κ2) is 6.64. The van der Waals surface area contributed by atoms with Gasteiger partial charge in [-0.1, -0.05) is 0 Å². The van der Waals surface area contributed by atoms with Gasteiger partial charge in [0.15, 0.2) is 0 Å². The number of aromatic nitrogens is 2. The molecule has 0 spiro atoms. The van der Waals surface area contributed by atoms with Crippen molar-refractivity contribution < 1.29 is 9.59 Å². The number of rotatable bonds is 6. The molecule has 0 radical (unpaired) electrons. The first-order valence-corrected chi connectivity index (χ1v) is 5.35. The van der Waals surface area contributed by atoms with E-state index in [4.69, 9.17) is 5.73 Å². The van der Waals surface area contributed by atoms with Crippen molar-refractivity contribution in [2.75, 3.05) is 13.1 Å². The van der Waals surface area contributed by atoms with Crippen molar-refractivity contribution in [2.45, 2.75) is 19.5 Å². The SMILES string of the molecule is CC(Cn1cccn1)NC(=O)CNC(=O)CN. The third-order valence-corrected chi connectivity index (χ3v) is 2.06. The summed E-state index contributed by atoms with van der Waals surface area (Å²) in [4.78, 5) is 22.2. The zero-order chi connectivity index (χ0) is 12.7. The van der Waals surface area contributed by atoms with Gasteiger partial charge in [0.05, 0.1) is 19.6 Å². The Balaban J connectivity index is 2.24. The molecule has 1 unspecified atom stereocenters. The second-order valence-electron chi connectivity index (χ2n) is 3.68. The predicted octanol–water partition coefficient (Wildman–Crippen LogP) is -1.54. The van der Waals surface area contributed by atoms with Gasteiger partial charge in [-0.3, -0.25) is 14.3 Å². The molecule has 0 aliphatic heterocycles. The number of hydrogen-bond donors (Lipinski definition) is 3. The summed E-state index contributed by atoms with van der Waals surface area (Å²) in [6.45, 7) is 2.28. The lowest BCUT2D eigenvalue weighted by atomic mass is 10.3. The summed E-state index contributed by atoms with van der Waals surface area (Å²) < 4.78 is 1.73. The van der Waals surface area contributed by atoms with Crippen LogP contribution < -0.4 is 16.4 Å². The highest BCUT2D eigenvalue weighted by Crippen LogP contribution is 1.90. The van der Waals surface area contributed by atoms with Crippen molar-refractivity contribution in [3.05, 3.63) is 18.5 Å². The summed E-state index contributed by atoms with van der Waals surface area (Å²) in [6, 6.07) is 1.76. The average molecular weight is 239 g/mol. The maximum absolute atomic E-state index is 11.4. The van der Waals surface area contributed by atoms with Gasteiger partial charge in [-0.2, -0.15) is 5.10 Å². The van der Waals surface area contributed by atoms with Crippen molar-refractivity contribution in [1.29, 1.82) is 0 Å². The number of amides is 2. The number of carbonyl (C=O) groups excluding carboxylic acids is 2. The molecule has 0 fully saturated rings. The summed E-state index contributed by atoms with van der Waals surface area (Å²) in [5.74, 6) is -0.591. The van der Waals surface area contributed by atoms with Gasteiger partial charge in [0.2, 0.25) is 11.8 Å². The van der Waals surface area contributed by atoms with Crippen molar-refractivity contribution >= 4 is 11.8 Å². The van der Waals surface area contributed by atoms with Crippen LogP contribution in [0.1, 0.15) is 6.92 Å². The van der Waals surface area contributed by atoms with Crippen LogP contribution in [0, 0.1) is 0 Å². The Labute approximate surface area is 99.4 Å². The molecule has 94 valence electrons. The summed E-state index contributed by atoms with van der Waals surface area (Å²) >= 11 is 0. The summed E-state index contributed by atoms with van der Waals surface area (Å²) in [6.07, 6.45) is 3.49. The van der Waals surface area contributed by atoms with Crippen LogP contribution in [-0.2, 0) is 16.1 Å². The van der Waals surface area contributed by atoms with E-state index in [1.54, 1.807) is 10.9 Å². The lowest BCUT2D eigenvalue weighted by molar-refractivity contribution is -0.125. The maximum Gasteiger partial charge on any atom is 0.239 e. The molecular weight excluding hydrogens is 222 g/mol. The average Bonchev–Trinajstić information content (AvgIpc) is 2.78. The van der Waals surface area contributed by atoms with Gasteiger partial charge in [0.25, 0.3) is 0 Å². The van der Waals surface area contributed by atoms with E-state index in [-0.39, 0.29) is 30.9 Å². The van der Waals surface area contributed by atoms with E-state index in [1.807, 2.05) is 19.2 Å². The lowest BCUT2D eigenvalue weighted by Crippen LogP contribution is -2.43. The first kappa shape index (κ1) is 13.2. The highest BCUT2D eigenvalue weighted by atomic mass is 16.2. The maximum atomic E-state index is 11.4. The molecule has 1 rings (SSSR count). The molecule has 0 aliphatic rings. The third-order valence-electron chi connectivity index (χ3n) is 2.06. The topological polar surface area (TPSA) is 102 Å². The third kappa shape index (κ3) is 5.12. The molecule has 4 N–H and O–H groups in total. The molecule has 17 heavy (non-hydrogen) atoms. The van der Waals surface area contributed by atoms with Crippen molar-refractivity contribution in [2.24, 2.45) is 5.73 Å². The minimum absolute atomic E-state index is 0.0561. The number of nitrogens with one attached hydrogen (secondary N) is 2. The molecule has 1 atom stereocenters. The fraction of sp³-hybridized carbons (Fsp3) is 0.500. The van der Waals surface area contributed by atoms with E-state index in [0.717, 1.165) is 0 Å². The first-order chi connectivity index (χ1) is 8.11. The Morgan fingerprint density at radius 3 is 2.82 bits per heavy atom. The number of carbonyl (C=O) groups is 2. The van der Waals surface area contributed by atoms with E-state index < -0.39 is 0 Å². The Hall–Kier alpha value is -1.89. The van der Waals surface area contributed by atoms with Crippen LogP contribution in [0.3, 0.4) is 0 Å². The Morgan fingerprint density at radius 2 is 2.24 bits per heavy atom. The fourth-order valence-electron chi connectivity index (χ4n) is 1.31. The van der Waals surface area contributed by atoms with Crippen LogP contribution in [0.25, 0.3) is 0 Å². The van der Waals surface area contributed by atoms with Gasteiger partial charge in [-0.15, -0.1) is 0 Å². The number of hydrogen-bond acceptors (Lipinski definition) is 4. The minimum Gasteiger partial charge on any atom is -0.350 e. The molecule has 0 aromatic carbocycles. The van der Waals surface area contributed by atoms with Gasteiger partial charge >= 0.3 is 0 Å². The smallest absolute Gasteiger partial charge is 0.239 e. The van der Waals surface area contributed by atoms with E-state index in [1.165, 1.54) is 0 Å². The molecule has 0 bridgehead atoms. The van der Waals surface area contributed by atoms with Crippen LogP contribution in [0.4, 0.5) is 0 Å². The highest BCUT2D eigenvalue weighted by molar-refractivity contribution is 5.85. The lowest BCUT2D eigenvalue weighted by Gasteiger charge is -2.14. The minimum atomic E-state index is -0.347. The molecule has 0 saturated carbocycles. The van der Waals surface area contributed by atoms with Crippen molar-refractivity contribution in [3.8, 4) is 0 Å². The Kier molecular flexibility index (Phi) is 5.15. The van der Waals surface area contributed by atoms with Crippen LogP contribution in [0.15, 0.2) is 18.5 Å². The van der Waals surface area contributed by atoms with Crippen LogP contribution in [0.2, 0.25) is 0 Å². The quantitative estimate of drug-likeness (QED) is 0.560. The van der Waals surface area contributed by atoms with Crippen LogP contribution in [0.5, 0.6) is 0 Å². The fourth-order valence-corrected chi connectivity index (χ4v) is 1.31. The highest BCUT2D eigenvalue weighted by Gasteiger charge is 2.08. The molecule has 7 heteroatoms. The molecule has 1 aromatic rings. The number of nitrogens with two attached hydrogens (primary N) is 1. The summed E-state index contributed by atoms with van der Waals surface area (Å²) in [7, 11) is 0. The first-order valence-electron chi connectivity index (χ1n) is 5.35. The monoisotopic (exact) mass is 239 g/mol. The molecule has 0 aliphatic carbocycles. The van der Waals surface area contributed by atoms with Gasteiger partial charge in [-0.25, -0.2) is 0 Å². The molecule has 1 heterocycles. The predicted molar refractivity (Wildman–Crippen MR) is 61.9 cm³/mol. The van der Waals surface area contributed by atoms with Crippen LogP contribution >= 0.6 is 0 Å². The van der Waals surface area contributed by atoms with Crippen LogP contribution in [-0.4, -0.2) is 40.7 Å². The largest absolute Gasteiger partial charge is 0.350 e. The normalized spacial score (nSPS) is 11.9. The van der Waals surface area contributed by atoms with Crippen molar-refractivity contribution in [1.82, 2.24) is 20.4 Å². The zero-order valence-electron chi connectivity index (χ0n) is 9.72. The van der Waals surface area contributed by atoms with E-state index in [2.05, 4.69) is 15.7 Å². The molecule has 1 aromatic heterocycles. The molecule has 0 saturated heterocycles. The van der Waals surface area contributed by atoms with E-state index in [9.17, 15) is 9.59 Å². The van der Waals surface area contributed by atoms with E-state index in [0.29, 0.717) is 6.54 Å². The number of nitrogens with zero attached hydrogens (tertiary/aromatic N) is 2. The second-order valence-corrected chi connectivity index (χ2v) is 3.68. The van der Waals surface area contributed by atoms with E-state index >= 15 is 0 Å². The summed E-state index contributed by atoms with van der Waals surface area (Å²) in [5.41, 5.74) is 5.09.